The summed E-state index contributed by atoms with van der Waals surface area (Å²) < 4.78 is 9.44. The van der Waals surface area contributed by atoms with E-state index < -0.39 is 24.3 Å². The summed E-state index contributed by atoms with van der Waals surface area (Å²) in [6.45, 7) is 8.68. The Kier molecular flexibility index (Phi) is 13.9. The van der Waals surface area contributed by atoms with Crippen LogP contribution in [0.25, 0.3) is 11.3 Å². The van der Waals surface area contributed by atoms with E-state index in [0.29, 0.717) is 30.4 Å². The van der Waals surface area contributed by atoms with Crippen LogP contribution in [0, 0.1) is 35.5 Å². The van der Waals surface area contributed by atoms with Gasteiger partial charge in [-0.2, -0.15) is 0 Å². The zero-order valence-electron chi connectivity index (χ0n) is 30.8. The number of hydrogen-bond acceptors (Lipinski definition) is 8. The molecule has 2 aromatic heterocycles. The number of methoxy groups -OCH3 is 2. The van der Waals surface area contributed by atoms with Crippen molar-refractivity contribution in [2.45, 2.75) is 77.5 Å². The highest BCUT2D eigenvalue weighted by Crippen LogP contribution is 2.33. The molecule has 2 aliphatic heterocycles. The van der Waals surface area contributed by atoms with Crippen molar-refractivity contribution in [1.82, 2.24) is 40.4 Å². The molecule has 2 fully saturated rings. The van der Waals surface area contributed by atoms with Gasteiger partial charge in [0.05, 0.1) is 44.4 Å². The van der Waals surface area contributed by atoms with Crippen LogP contribution in [-0.4, -0.2) is 93.1 Å². The van der Waals surface area contributed by atoms with Crippen LogP contribution in [0.3, 0.4) is 0 Å². The highest BCUT2D eigenvalue weighted by atomic mass is 35.5. The van der Waals surface area contributed by atoms with Gasteiger partial charge in [-0.05, 0) is 73.0 Å². The summed E-state index contributed by atoms with van der Waals surface area (Å²) in [6.07, 6.45) is 5.30. The summed E-state index contributed by atoms with van der Waals surface area (Å²) >= 11 is 0. The monoisotopic (exact) mass is 746 g/mol. The second-order valence-electron chi connectivity index (χ2n) is 13.5. The summed E-state index contributed by atoms with van der Waals surface area (Å²) in [5.41, 5.74) is 3.11. The minimum Gasteiger partial charge on any atom is -0.453 e. The highest BCUT2D eigenvalue weighted by Gasteiger charge is 2.38. The van der Waals surface area contributed by atoms with E-state index in [1.165, 1.54) is 14.2 Å². The Morgan fingerprint density at radius 1 is 0.755 bits per heavy atom. The summed E-state index contributed by atoms with van der Waals surface area (Å²) in [5, 5.41) is 5.33. The molecule has 0 spiro atoms. The van der Waals surface area contributed by atoms with Gasteiger partial charge >= 0.3 is 12.2 Å². The Labute approximate surface area is 316 Å². The lowest BCUT2D eigenvalue weighted by Gasteiger charge is -2.30. The lowest BCUT2D eigenvalue weighted by Crippen LogP contribution is -2.51. The fourth-order valence-corrected chi connectivity index (χ4v) is 6.54. The number of aromatic nitrogens is 4. The van der Waals surface area contributed by atoms with E-state index >= 15 is 0 Å². The van der Waals surface area contributed by atoms with E-state index in [1.807, 2.05) is 52.0 Å². The number of benzene rings is 1. The fourth-order valence-electron chi connectivity index (χ4n) is 6.54. The fraction of sp³-hybridized carbons (Fsp3) is 0.474. The maximum Gasteiger partial charge on any atom is 0.407 e. The highest BCUT2D eigenvalue weighted by molar-refractivity contribution is 5.87. The average Bonchev–Trinajstić information content (AvgIpc) is 3.97. The standard InChI is InChI=1S/C38H46N8O6.ClH/c1-23(2)31(43-37(49)51-5)35(47)45-19-9-13-29(45)33-39-21-27(41-33)12-8-7-11-25-15-17-26(18-16-25)28-22-40-34(42-28)30-14-10-20-46(30)36(48)32(24(3)4)44-38(50)52-6;/h15-18,21-24,29-32H,9-10,13-14,19-20H2,1-6H3,(H,39,41)(H,40,42)(H,43,49)(H,44,50);1H/t29-,30-,31+,32+;/m1./s1. The molecule has 4 heterocycles. The topological polar surface area (TPSA) is 175 Å². The van der Waals surface area contributed by atoms with Crippen LogP contribution in [0.2, 0.25) is 0 Å². The van der Waals surface area contributed by atoms with E-state index in [9.17, 15) is 19.2 Å². The van der Waals surface area contributed by atoms with Gasteiger partial charge in [-0.25, -0.2) is 19.6 Å². The minimum atomic E-state index is -0.703. The SMILES string of the molecule is COC(=O)N[C@H](C(=O)N1CCC[C@@H]1c1ncc(C#CC#Cc2ccc(-c3cnc([C@H]4CCCN4C(=O)[C@@H](NC(=O)OC)C(C)C)[nH]3)cc2)[nH]1)C(C)C.Cl. The molecule has 2 aliphatic rings. The molecule has 2 saturated heterocycles. The van der Waals surface area contributed by atoms with Crippen LogP contribution in [0.5, 0.6) is 0 Å². The van der Waals surface area contributed by atoms with Crippen LogP contribution in [0.15, 0.2) is 36.7 Å². The Balaban J connectivity index is 0.00000627. The number of nitrogens with one attached hydrogen (secondary N) is 4. The van der Waals surface area contributed by atoms with E-state index in [4.69, 9.17) is 9.47 Å². The van der Waals surface area contributed by atoms with Crippen molar-refractivity contribution >= 4 is 36.4 Å². The smallest absolute Gasteiger partial charge is 0.407 e. The van der Waals surface area contributed by atoms with Crippen LogP contribution in [0.1, 0.15) is 88.4 Å². The van der Waals surface area contributed by atoms with E-state index in [2.05, 4.69) is 54.3 Å². The lowest BCUT2D eigenvalue weighted by molar-refractivity contribution is -0.136. The molecule has 282 valence electrons. The normalized spacial score (nSPS) is 17.5. The van der Waals surface area contributed by atoms with Gasteiger partial charge in [-0.15, -0.1) is 12.4 Å². The molecule has 4 amide bonds. The molecule has 0 aliphatic carbocycles. The molecule has 0 bridgehead atoms. The summed E-state index contributed by atoms with van der Waals surface area (Å²) in [7, 11) is 2.55. The van der Waals surface area contributed by atoms with Crippen molar-refractivity contribution < 1.29 is 28.7 Å². The zero-order chi connectivity index (χ0) is 37.4. The first-order valence-electron chi connectivity index (χ1n) is 17.5. The van der Waals surface area contributed by atoms with Gasteiger partial charge < -0.3 is 39.9 Å². The molecule has 1 aromatic carbocycles. The molecule has 53 heavy (non-hydrogen) atoms. The molecular weight excluding hydrogens is 700 g/mol. The average molecular weight is 747 g/mol. The van der Waals surface area contributed by atoms with Crippen molar-refractivity contribution in [2.24, 2.45) is 11.8 Å². The number of rotatable bonds is 9. The third-order valence-electron chi connectivity index (χ3n) is 9.34. The first-order valence-corrected chi connectivity index (χ1v) is 17.5. The molecule has 0 saturated carbocycles. The number of H-pyrrole nitrogens is 2. The molecule has 15 heteroatoms. The van der Waals surface area contributed by atoms with Gasteiger partial charge in [-0.3, -0.25) is 9.59 Å². The van der Waals surface area contributed by atoms with Crippen LogP contribution < -0.4 is 10.6 Å². The van der Waals surface area contributed by atoms with Gasteiger partial charge in [0, 0.05) is 18.7 Å². The molecule has 3 aromatic rings. The Morgan fingerprint density at radius 2 is 1.25 bits per heavy atom. The number of alkyl carbamates (subject to hydrolysis) is 2. The first kappa shape index (κ1) is 40.3. The number of hydrogen-bond donors (Lipinski definition) is 4. The van der Waals surface area contributed by atoms with Crippen molar-refractivity contribution in [3.05, 3.63) is 59.6 Å². The van der Waals surface area contributed by atoms with Gasteiger partial charge in [0.25, 0.3) is 0 Å². The largest absolute Gasteiger partial charge is 0.453 e. The molecule has 5 rings (SSSR count). The number of ether oxygens (including phenoxy) is 2. The second-order valence-corrected chi connectivity index (χ2v) is 13.5. The van der Waals surface area contributed by atoms with Crippen molar-refractivity contribution in [1.29, 1.82) is 0 Å². The van der Waals surface area contributed by atoms with Gasteiger partial charge in [0.2, 0.25) is 11.8 Å². The Hall–Kier alpha value is -5.47. The van der Waals surface area contributed by atoms with Gasteiger partial charge in [0.1, 0.15) is 29.4 Å². The van der Waals surface area contributed by atoms with Crippen LogP contribution in [-0.2, 0) is 19.1 Å². The summed E-state index contributed by atoms with van der Waals surface area (Å²) in [5.74, 6) is 12.6. The Morgan fingerprint density at radius 3 is 1.75 bits per heavy atom. The van der Waals surface area contributed by atoms with Gasteiger partial charge in [-0.1, -0.05) is 45.7 Å². The van der Waals surface area contributed by atoms with E-state index in [0.717, 1.165) is 42.5 Å². The molecule has 4 N–H and O–H groups in total. The lowest BCUT2D eigenvalue weighted by atomic mass is 10.0. The molecule has 14 nitrogen and oxygen atoms in total. The maximum atomic E-state index is 13.4. The number of imidazole rings is 2. The van der Waals surface area contributed by atoms with Crippen molar-refractivity contribution in [2.75, 3.05) is 27.3 Å². The van der Waals surface area contributed by atoms with Crippen molar-refractivity contribution in [3.63, 3.8) is 0 Å². The number of carbonyl (C=O) groups excluding carboxylic acids is 4. The quantitative estimate of drug-likeness (QED) is 0.228. The minimum absolute atomic E-state index is 0. The maximum absolute atomic E-state index is 13.4. The number of halogens is 1. The van der Waals surface area contributed by atoms with Crippen LogP contribution in [0.4, 0.5) is 9.59 Å². The third-order valence-corrected chi connectivity index (χ3v) is 9.34. The first-order chi connectivity index (χ1) is 25.0. The van der Waals surface area contributed by atoms with E-state index in [-0.39, 0.29) is 48.1 Å². The summed E-state index contributed by atoms with van der Waals surface area (Å²) in [6, 6.07) is 5.84. The predicted octanol–water partition coefficient (Wildman–Crippen LogP) is 4.71. The van der Waals surface area contributed by atoms with Gasteiger partial charge in [0.15, 0.2) is 0 Å². The van der Waals surface area contributed by atoms with Crippen molar-refractivity contribution in [3.8, 4) is 34.9 Å². The predicted molar refractivity (Wildman–Crippen MR) is 199 cm³/mol. The Bertz CT molecular complexity index is 1880. The zero-order valence-corrected chi connectivity index (χ0v) is 31.6. The molecule has 0 unspecified atom stereocenters. The number of likely N-dealkylation sites (tertiary alicyclic amines) is 2. The number of aromatic amines is 2. The summed E-state index contributed by atoms with van der Waals surface area (Å²) in [4.78, 5) is 69.8. The molecule has 0 radical (unpaired) electrons. The molecule has 4 atom stereocenters. The third kappa shape index (κ3) is 9.70. The van der Waals surface area contributed by atoms with Crippen LogP contribution >= 0.6 is 12.4 Å². The second kappa shape index (κ2) is 18.3. The van der Waals surface area contributed by atoms with E-state index in [1.54, 1.807) is 22.2 Å². The number of amides is 4. The number of carbonyl (C=O) groups is 4. The molecular formula is C38H47ClN8O6. The number of nitrogens with zero attached hydrogens (tertiary/aromatic N) is 4.